The third-order valence-corrected chi connectivity index (χ3v) is 5.07. The van der Waals surface area contributed by atoms with Gasteiger partial charge in [-0.3, -0.25) is 9.71 Å². The van der Waals surface area contributed by atoms with Crippen molar-refractivity contribution in [3.63, 3.8) is 0 Å². The van der Waals surface area contributed by atoms with Gasteiger partial charge in [-0.25, -0.2) is 8.42 Å². The van der Waals surface area contributed by atoms with Gasteiger partial charge in [0.05, 0.1) is 6.61 Å². The first-order valence-corrected chi connectivity index (χ1v) is 8.85. The number of nitrogens with one attached hydrogen (secondary N) is 2. The molecule has 0 amide bonds. The summed E-state index contributed by atoms with van der Waals surface area (Å²) < 4.78 is 32.7. The first-order valence-electron chi connectivity index (χ1n) is 6.96. The second kappa shape index (κ2) is 6.13. The summed E-state index contributed by atoms with van der Waals surface area (Å²) in [6, 6.07) is 8.33. The van der Waals surface area contributed by atoms with Gasteiger partial charge in [0.25, 0.3) is 15.2 Å². The minimum absolute atomic E-state index is 0.0841. The van der Waals surface area contributed by atoms with Crippen molar-refractivity contribution in [2.24, 2.45) is 0 Å². The van der Waals surface area contributed by atoms with Crippen LogP contribution in [-0.2, 0) is 14.8 Å². The van der Waals surface area contributed by atoms with E-state index in [4.69, 9.17) is 17.0 Å². The summed E-state index contributed by atoms with van der Waals surface area (Å²) in [5.74, 6) is 0.0841. The molecule has 1 unspecified atom stereocenters. The van der Waals surface area contributed by atoms with Gasteiger partial charge >= 0.3 is 0 Å². The molecule has 0 saturated heterocycles. The molecule has 1 aromatic heterocycles. The molecule has 8 heteroatoms. The van der Waals surface area contributed by atoms with E-state index in [1.54, 1.807) is 24.3 Å². The predicted molar refractivity (Wildman–Crippen MR) is 92.1 cm³/mol. The van der Waals surface area contributed by atoms with Crippen molar-refractivity contribution in [3.05, 3.63) is 48.3 Å². The Kier molecular flexibility index (Phi) is 4.18. The third kappa shape index (κ3) is 3.43. The van der Waals surface area contributed by atoms with E-state index in [1.165, 1.54) is 18.5 Å². The van der Waals surface area contributed by atoms with Crippen LogP contribution in [0.4, 0.5) is 11.4 Å². The predicted octanol–water partition coefficient (Wildman–Crippen LogP) is 2.71. The van der Waals surface area contributed by atoms with Crippen molar-refractivity contribution in [1.29, 1.82) is 0 Å². The Morgan fingerprint density at radius 1 is 1.39 bits per heavy atom. The molecule has 0 radical (unpaired) electrons. The van der Waals surface area contributed by atoms with Gasteiger partial charge in [0.2, 0.25) is 0 Å². The highest BCUT2D eigenvalue weighted by Gasteiger charge is 2.20. The topological polar surface area (TPSA) is 80.3 Å². The molecule has 0 spiro atoms. The monoisotopic (exact) mass is 349 g/mol. The molecule has 1 aliphatic rings. The molecular weight excluding hydrogens is 334 g/mol. The number of sulfonamides is 1. The lowest BCUT2D eigenvalue weighted by Gasteiger charge is -2.14. The van der Waals surface area contributed by atoms with Gasteiger partial charge in [-0.15, -0.1) is 0 Å². The van der Waals surface area contributed by atoms with Crippen molar-refractivity contribution in [3.8, 4) is 0 Å². The Balaban J connectivity index is 1.92. The zero-order valence-electron chi connectivity index (χ0n) is 12.3. The smallest absolute Gasteiger partial charge is 0.263 e. The lowest BCUT2D eigenvalue weighted by atomic mass is 10.00. The number of fused-ring (bicyclic) bond motifs is 1. The first kappa shape index (κ1) is 15.7. The standard InChI is InChI=1S/C15H15N3O3S2/c1-10-9-21-15(22)17-14-5-4-11(7-13(10)14)18-23(19,20)12-3-2-6-16-8-12/h2-8,10,18H,9H2,1H3,(H,17,22). The maximum absolute atomic E-state index is 12.4. The van der Waals surface area contributed by atoms with Gasteiger partial charge in [0.15, 0.2) is 0 Å². The number of ether oxygens (including phenoxy) is 1. The van der Waals surface area contributed by atoms with Crippen molar-refractivity contribution < 1.29 is 13.2 Å². The van der Waals surface area contributed by atoms with Gasteiger partial charge in [0, 0.05) is 29.7 Å². The van der Waals surface area contributed by atoms with Crippen LogP contribution in [0.25, 0.3) is 0 Å². The molecule has 0 aliphatic carbocycles. The van der Waals surface area contributed by atoms with Crippen LogP contribution in [0.5, 0.6) is 0 Å². The maximum Gasteiger partial charge on any atom is 0.263 e. The quantitative estimate of drug-likeness (QED) is 0.830. The Hall–Kier alpha value is -2.19. The first-order chi connectivity index (χ1) is 11.0. The van der Waals surface area contributed by atoms with Crippen LogP contribution >= 0.6 is 12.2 Å². The van der Waals surface area contributed by atoms with Crippen molar-refractivity contribution in [2.75, 3.05) is 16.6 Å². The van der Waals surface area contributed by atoms with E-state index < -0.39 is 10.0 Å². The highest BCUT2D eigenvalue weighted by atomic mass is 32.2. The SMILES string of the molecule is CC1COC(=S)Nc2ccc(NS(=O)(=O)c3cccnc3)cc21. The molecule has 6 nitrogen and oxygen atoms in total. The van der Waals surface area contributed by atoms with Crippen molar-refractivity contribution in [1.82, 2.24) is 4.98 Å². The molecule has 2 aromatic rings. The number of hydrogen-bond donors (Lipinski definition) is 2. The minimum atomic E-state index is -3.67. The summed E-state index contributed by atoms with van der Waals surface area (Å²) in [6.45, 7) is 2.44. The van der Waals surface area contributed by atoms with E-state index in [0.717, 1.165) is 11.3 Å². The number of nitrogens with zero attached hydrogens (tertiary/aromatic N) is 1. The van der Waals surface area contributed by atoms with Gasteiger partial charge in [0.1, 0.15) is 4.90 Å². The second-order valence-corrected chi connectivity index (χ2v) is 7.27. The number of thiocarbonyl (C=S) groups is 1. The van der Waals surface area contributed by atoms with Crippen LogP contribution in [0.3, 0.4) is 0 Å². The molecule has 1 aromatic carbocycles. The van der Waals surface area contributed by atoms with Crippen molar-refractivity contribution >= 4 is 38.8 Å². The van der Waals surface area contributed by atoms with Crippen LogP contribution in [0.15, 0.2) is 47.6 Å². The molecular formula is C15H15N3O3S2. The van der Waals surface area contributed by atoms with E-state index in [9.17, 15) is 8.42 Å². The molecule has 0 saturated carbocycles. The lowest BCUT2D eigenvalue weighted by molar-refractivity contribution is 0.294. The number of rotatable bonds is 3. The Morgan fingerprint density at radius 3 is 2.96 bits per heavy atom. The fourth-order valence-corrected chi connectivity index (χ4v) is 3.49. The molecule has 23 heavy (non-hydrogen) atoms. The number of benzene rings is 1. The minimum Gasteiger partial charge on any atom is -0.470 e. The summed E-state index contributed by atoms with van der Waals surface area (Å²) >= 11 is 5.05. The van der Waals surface area contributed by atoms with Gasteiger partial charge in [-0.1, -0.05) is 6.92 Å². The number of hydrogen-bond acceptors (Lipinski definition) is 5. The average Bonchev–Trinajstić information content (AvgIpc) is 2.67. The van der Waals surface area contributed by atoms with Crippen molar-refractivity contribution in [2.45, 2.75) is 17.7 Å². The van der Waals surface area contributed by atoms with Crippen LogP contribution in [-0.4, -0.2) is 25.2 Å². The Morgan fingerprint density at radius 2 is 2.22 bits per heavy atom. The lowest BCUT2D eigenvalue weighted by Crippen LogP contribution is -2.13. The zero-order valence-corrected chi connectivity index (χ0v) is 13.9. The van der Waals surface area contributed by atoms with E-state index in [2.05, 4.69) is 15.0 Å². The van der Waals surface area contributed by atoms with Crippen LogP contribution in [0.1, 0.15) is 18.4 Å². The maximum atomic E-state index is 12.4. The summed E-state index contributed by atoms with van der Waals surface area (Å²) in [5, 5.41) is 3.32. The van der Waals surface area contributed by atoms with Gasteiger partial charge < -0.3 is 10.1 Å². The Labute approximate surface area is 139 Å². The fourth-order valence-electron chi connectivity index (χ4n) is 2.30. The van der Waals surface area contributed by atoms with Crippen LogP contribution in [0.2, 0.25) is 0 Å². The van der Waals surface area contributed by atoms with E-state index >= 15 is 0 Å². The van der Waals surface area contributed by atoms with Gasteiger partial charge in [-0.05, 0) is 48.1 Å². The largest absolute Gasteiger partial charge is 0.470 e. The molecule has 0 bridgehead atoms. The fraction of sp³-hybridized carbons (Fsp3) is 0.200. The molecule has 2 heterocycles. The summed E-state index contributed by atoms with van der Waals surface area (Å²) in [4.78, 5) is 3.95. The van der Waals surface area contributed by atoms with E-state index in [-0.39, 0.29) is 10.8 Å². The summed E-state index contributed by atoms with van der Waals surface area (Å²) in [5.41, 5.74) is 2.25. The summed E-state index contributed by atoms with van der Waals surface area (Å²) in [7, 11) is -3.67. The number of aromatic nitrogens is 1. The average molecular weight is 349 g/mol. The molecule has 1 aliphatic heterocycles. The molecule has 120 valence electrons. The normalized spacial score (nSPS) is 17.4. The van der Waals surface area contributed by atoms with Crippen LogP contribution < -0.4 is 10.0 Å². The van der Waals surface area contributed by atoms with E-state index in [0.29, 0.717) is 17.5 Å². The van der Waals surface area contributed by atoms with E-state index in [1.807, 2.05) is 6.92 Å². The van der Waals surface area contributed by atoms with Gasteiger partial charge in [-0.2, -0.15) is 0 Å². The molecule has 3 rings (SSSR count). The molecule has 0 fully saturated rings. The highest BCUT2D eigenvalue weighted by molar-refractivity contribution is 7.92. The molecule has 2 N–H and O–H groups in total. The number of pyridine rings is 1. The third-order valence-electron chi connectivity index (χ3n) is 3.48. The second-order valence-electron chi connectivity index (χ2n) is 5.22. The highest BCUT2D eigenvalue weighted by Crippen LogP contribution is 2.31. The summed E-state index contributed by atoms with van der Waals surface area (Å²) in [6.07, 6.45) is 2.83. The number of anilines is 2. The molecule has 1 atom stereocenters. The van der Waals surface area contributed by atoms with Crippen LogP contribution in [0, 0.1) is 0 Å². The Bertz CT molecular complexity index is 838. The zero-order chi connectivity index (χ0) is 16.4.